The van der Waals surface area contributed by atoms with E-state index in [9.17, 15) is 8.78 Å². The first kappa shape index (κ1) is 14.7. The van der Waals surface area contributed by atoms with E-state index < -0.39 is 6.17 Å². The predicted octanol–water partition coefficient (Wildman–Crippen LogP) is 5.38. The minimum absolute atomic E-state index is 0.0707. The van der Waals surface area contributed by atoms with Crippen molar-refractivity contribution in [2.45, 2.75) is 38.8 Å². The summed E-state index contributed by atoms with van der Waals surface area (Å²) < 4.78 is 27.1. The van der Waals surface area contributed by atoms with Gasteiger partial charge in [-0.25, -0.2) is 8.78 Å². The van der Waals surface area contributed by atoms with Crippen LogP contribution in [0.5, 0.6) is 0 Å². The van der Waals surface area contributed by atoms with E-state index in [1.54, 1.807) is 12.1 Å². The summed E-state index contributed by atoms with van der Waals surface area (Å²) in [6.07, 6.45) is -0.788. The normalized spacial score (nSPS) is 13.2. The Balaban J connectivity index is 2.09. The molecule has 106 valence electrons. The molecule has 0 aliphatic rings. The van der Waals surface area contributed by atoms with Crippen molar-refractivity contribution in [3.63, 3.8) is 0 Å². The van der Waals surface area contributed by atoms with Crippen molar-refractivity contribution in [1.82, 2.24) is 0 Å². The molecule has 2 heteroatoms. The second-order valence-corrected chi connectivity index (χ2v) is 6.17. The first-order valence-electron chi connectivity index (χ1n) is 6.85. The van der Waals surface area contributed by atoms with Crippen LogP contribution in [0.4, 0.5) is 8.78 Å². The zero-order valence-electron chi connectivity index (χ0n) is 12.2. The number of hydrogen-bond acceptors (Lipinski definition) is 0. The molecule has 0 saturated heterocycles. The maximum Gasteiger partial charge on any atom is 0.129 e. The lowest BCUT2D eigenvalue weighted by molar-refractivity contribution is 0.342. The van der Waals surface area contributed by atoms with E-state index in [1.807, 2.05) is 24.3 Å². The molecule has 0 heterocycles. The average Bonchev–Trinajstić information content (AvgIpc) is 2.40. The standard InChI is InChI=1S/C18H20F2/c1-18(2,3)15-8-6-14(7-9-15)17(20)12-13-4-10-16(19)11-5-13/h4-11,17H,12H2,1-3H3. The summed E-state index contributed by atoms with van der Waals surface area (Å²) in [5.41, 5.74) is 2.73. The molecule has 2 aromatic carbocycles. The van der Waals surface area contributed by atoms with Gasteiger partial charge in [0.05, 0.1) is 0 Å². The van der Waals surface area contributed by atoms with Crippen molar-refractivity contribution in [2.75, 3.05) is 0 Å². The van der Waals surface area contributed by atoms with Crippen molar-refractivity contribution in [3.8, 4) is 0 Å². The van der Waals surface area contributed by atoms with E-state index in [2.05, 4.69) is 20.8 Å². The van der Waals surface area contributed by atoms with Crippen LogP contribution in [0.1, 0.15) is 43.6 Å². The van der Waals surface area contributed by atoms with E-state index in [4.69, 9.17) is 0 Å². The number of halogens is 2. The zero-order valence-corrected chi connectivity index (χ0v) is 12.2. The number of rotatable bonds is 3. The van der Waals surface area contributed by atoms with Gasteiger partial charge in [0.25, 0.3) is 0 Å². The van der Waals surface area contributed by atoms with Gasteiger partial charge >= 0.3 is 0 Å². The maximum absolute atomic E-state index is 14.3. The summed E-state index contributed by atoms with van der Waals surface area (Å²) in [5.74, 6) is -0.293. The molecular weight excluding hydrogens is 254 g/mol. The molecule has 0 spiro atoms. The largest absolute Gasteiger partial charge is 0.242 e. The SMILES string of the molecule is CC(C)(C)c1ccc(C(F)Cc2ccc(F)cc2)cc1. The molecule has 0 saturated carbocycles. The Morgan fingerprint density at radius 2 is 1.45 bits per heavy atom. The molecule has 20 heavy (non-hydrogen) atoms. The van der Waals surface area contributed by atoms with Gasteiger partial charge in [0.1, 0.15) is 12.0 Å². The van der Waals surface area contributed by atoms with Crippen LogP contribution in [0.15, 0.2) is 48.5 Å². The average molecular weight is 274 g/mol. The molecule has 0 nitrogen and oxygen atoms in total. The van der Waals surface area contributed by atoms with E-state index in [0.717, 1.165) is 5.56 Å². The van der Waals surface area contributed by atoms with Gasteiger partial charge in [0.2, 0.25) is 0 Å². The Kier molecular flexibility index (Phi) is 4.22. The van der Waals surface area contributed by atoms with Crippen LogP contribution >= 0.6 is 0 Å². The topological polar surface area (TPSA) is 0 Å². The van der Waals surface area contributed by atoms with Crippen LogP contribution in [0.2, 0.25) is 0 Å². The Labute approximate surface area is 119 Å². The molecule has 0 aliphatic carbocycles. The van der Waals surface area contributed by atoms with E-state index >= 15 is 0 Å². The van der Waals surface area contributed by atoms with Gasteiger partial charge in [0.15, 0.2) is 0 Å². The van der Waals surface area contributed by atoms with Gasteiger partial charge in [-0.3, -0.25) is 0 Å². The number of alkyl halides is 1. The first-order valence-corrected chi connectivity index (χ1v) is 6.85. The maximum atomic E-state index is 14.3. The molecule has 1 unspecified atom stereocenters. The molecule has 0 fully saturated rings. The van der Waals surface area contributed by atoms with Crippen LogP contribution in [-0.2, 0) is 11.8 Å². The second kappa shape index (κ2) is 5.74. The van der Waals surface area contributed by atoms with Gasteiger partial charge in [-0.15, -0.1) is 0 Å². The molecule has 0 radical (unpaired) electrons. The van der Waals surface area contributed by atoms with Gasteiger partial charge < -0.3 is 0 Å². The molecule has 0 amide bonds. The highest BCUT2D eigenvalue weighted by Crippen LogP contribution is 2.27. The highest BCUT2D eigenvalue weighted by molar-refractivity contribution is 5.30. The number of hydrogen-bond donors (Lipinski definition) is 0. The van der Waals surface area contributed by atoms with Crippen molar-refractivity contribution in [2.24, 2.45) is 0 Å². The van der Waals surface area contributed by atoms with Gasteiger partial charge in [-0.05, 0) is 34.2 Å². The van der Waals surface area contributed by atoms with Crippen LogP contribution in [0.25, 0.3) is 0 Å². The molecule has 1 atom stereocenters. The summed E-state index contributed by atoms with van der Waals surface area (Å²) in [5, 5.41) is 0. The summed E-state index contributed by atoms with van der Waals surface area (Å²) in [4.78, 5) is 0. The zero-order chi connectivity index (χ0) is 14.8. The minimum atomic E-state index is -1.06. The van der Waals surface area contributed by atoms with Crippen molar-refractivity contribution >= 4 is 0 Å². The smallest absolute Gasteiger partial charge is 0.129 e. The Bertz CT molecular complexity index is 547. The third-order valence-corrected chi connectivity index (χ3v) is 3.47. The molecular formula is C18H20F2. The third-order valence-electron chi connectivity index (χ3n) is 3.47. The summed E-state index contributed by atoms with van der Waals surface area (Å²) in [7, 11) is 0. The first-order chi connectivity index (χ1) is 9.36. The highest BCUT2D eigenvalue weighted by atomic mass is 19.1. The van der Waals surface area contributed by atoms with Crippen molar-refractivity contribution in [3.05, 3.63) is 71.0 Å². The van der Waals surface area contributed by atoms with Crippen molar-refractivity contribution in [1.29, 1.82) is 0 Å². The molecule has 0 N–H and O–H groups in total. The Morgan fingerprint density at radius 1 is 0.900 bits per heavy atom. The monoisotopic (exact) mass is 274 g/mol. The molecule has 0 aromatic heterocycles. The van der Waals surface area contributed by atoms with Gasteiger partial charge in [-0.2, -0.15) is 0 Å². The molecule has 2 aromatic rings. The molecule has 0 aliphatic heterocycles. The summed E-state index contributed by atoms with van der Waals surface area (Å²) >= 11 is 0. The van der Waals surface area contributed by atoms with Gasteiger partial charge in [0, 0.05) is 6.42 Å². The Hall–Kier alpha value is -1.70. The highest BCUT2D eigenvalue weighted by Gasteiger charge is 2.15. The van der Waals surface area contributed by atoms with Crippen molar-refractivity contribution < 1.29 is 8.78 Å². The number of benzene rings is 2. The van der Waals surface area contributed by atoms with Crippen LogP contribution in [0.3, 0.4) is 0 Å². The predicted molar refractivity (Wildman–Crippen MR) is 79.1 cm³/mol. The minimum Gasteiger partial charge on any atom is -0.242 e. The van der Waals surface area contributed by atoms with E-state index in [-0.39, 0.29) is 17.7 Å². The second-order valence-electron chi connectivity index (χ2n) is 6.17. The van der Waals surface area contributed by atoms with Crippen LogP contribution in [0, 0.1) is 5.82 Å². The summed E-state index contributed by atoms with van der Waals surface area (Å²) in [6, 6.07) is 13.6. The fourth-order valence-corrected chi connectivity index (χ4v) is 2.14. The lowest BCUT2D eigenvalue weighted by Crippen LogP contribution is -2.11. The van der Waals surface area contributed by atoms with Crippen LogP contribution < -0.4 is 0 Å². The molecule has 0 bridgehead atoms. The van der Waals surface area contributed by atoms with E-state index in [0.29, 0.717) is 5.56 Å². The third kappa shape index (κ3) is 3.66. The van der Waals surface area contributed by atoms with Crippen LogP contribution in [-0.4, -0.2) is 0 Å². The van der Waals surface area contributed by atoms with E-state index in [1.165, 1.54) is 17.7 Å². The quantitative estimate of drug-likeness (QED) is 0.705. The molecule has 2 rings (SSSR count). The summed E-state index contributed by atoms with van der Waals surface area (Å²) in [6.45, 7) is 6.40. The Morgan fingerprint density at radius 3 is 1.95 bits per heavy atom. The fourth-order valence-electron chi connectivity index (χ4n) is 2.14. The lowest BCUT2D eigenvalue weighted by atomic mass is 9.86. The fraction of sp³-hybridized carbons (Fsp3) is 0.333. The van der Waals surface area contributed by atoms with Gasteiger partial charge in [-0.1, -0.05) is 57.2 Å². The lowest BCUT2D eigenvalue weighted by Gasteiger charge is -2.19.